The van der Waals surface area contributed by atoms with Crippen LogP contribution in [0.25, 0.3) is 0 Å². The molecule has 0 aliphatic heterocycles. The number of carbonyl (C=O) groups excluding carboxylic acids is 1. The van der Waals surface area contributed by atoms with Crippen molar-refractivity contribution in [2.24, 2.45) is 0 Å². The lowest BCUT2D eigenvalue weighted by atomic mass is 9.90. The molecule has 2 aromatic heterocycles. The average molecular weight is 329 g/mol. The molecule has 1 saturated carbocycles. The van der Waals surface area contributed by atoms with Crippen LogP contribution in [0.3, 0.4) is 0 Å². The Morgan fingerprint density at radius 2 is 2.26 bits per heavy atom. The lowest BCUT2D eigenvalue weighted by Crippen LogP contribution is -2.33. The van der Waals surface area contributed by atoms with Gasteiger partial charge in [-0.1, -0.05) is 0 Å². The van der Waals surface area contributed by atoms with E-state index in [9.17, 15) is 4.79 Å². The third-order valence-electron chi connectivity index (χ3n) is 4.96. The van der Waals surface area contributed by atoms with Crippen molar-refractivity contribution in [3.05, 3.63) is 39.6 Å². The van der Waals surface area contributed by atoms with Crippen LogP contribution in [0.2, 0.25) is 0 Å². The first-order valence-electron chi connectivity index (χ1n) is 8.52. The van der Waals surface area contributed by atoms with E-state index in [0.717, 1.165) is 30.1 Å². The average Bonchev–Trinajstić information content (AvgIpc) is 3.12. The summed E-state index contributed by atoms with van der Waals surface area (Å²) in [6.45, 7) is 2.85. The second kappa shape index (κ2) is 5.78. The molecule has 1 atom stereocenters. The number of hydrogen-bond acceptors (Lipinski definition) is 3. The van der Waals surface area contributed by atoms with Crippen molar-refractivity contribution >= 4 is 17.2 Å². The molecule has 0 aromatic carbocycles. The highest BCUT2D eigenvalue weighted by Gasteiger charge is 2.30. The van der Waals surface area contributed by atoms with Crippen molar-refractivity contribution in [1.82, 2.24) is 14.5 Å². The zero-order valence-electron chi connectivity index (χ0n) is 13.8. The first-order valence-corrected chi connectivity index (χ1v) is 9.33. The Morgan fingerprint density at radius 1 is 1.43 bits per heavy atom. The molecule has 23 heavy (non-hydrogen) atoms. The standard InChI is InChI=1S/C18H23N3OS/c1-12-19-17-13(5-3-7-16(17)23-12)11-20(2)18(22)15-6-4-10-21(15)14-8-9-14/h4,6,10,13-14H,3,5,7-9,11H2,1-2H3. The van der Waals surface area contributed by atoms with Crippen LogP contribution in [-0.2, 0) is 6.42 Å². The molecule has 1 fully saturated rings. The third-order valence-corrected chi connectivity index (χ3v) is 6.00. The number of likely N-dealkylation sites (N-methyl/N-ethyl adjacent to an activating group) is 1. The van der Waals surface area contributed by atoms with Crippen LogP contribution in [0, 0.1) is 6.92 Å². The quantitative estimate of drug-likeness (QED) is 0.856. The van der Waals surface area contributed by atoms with Gasteiger partial charge in [-0.05, 0) is 51.2 Å². The molecule has 2 aliphatic carbocycles. The Kier molecular flexibility index (Phi) is 3.76. The van der Waals surface area contributed by atoms with Crippen LogP contribution in [-0.4, -0.2) is 34.0 Å². The molecular weight excluding hydrogens is 306 g/mol. The van der Waals surface area contributed by atoms with Gasteiger partial charge < -0.3 is 9.47 Å². The maximum absolute atomic E-state index is 12.8. The number of carbonyl (C=O) groups is 1. The molecule has 4 rings (SSSR count). The summed E-state index contributed by atoms with van der Waals surface area (Å²) in [7, 11) is 1.93. The minimum Gasteiger partial charge on any atom is -0.340 e. The van der Waals surface area contributed by atoms with E-state index in [-0.39, 0.29) is 5.91 Å². The van der Waals surface area contributed by atoms with Crippen LogP contribution >= 0.6 is 11.3 Å². The van der Waals surface area contributed by atoms with E-state index in [1.165, 1.54) is 29.8 Å². The molecule has 2 heterocycles. The Labute approximate surface area is 141 Å². The maximum atomic E-state index is 12.8. The fourth-order valence-electron chi connectivity index (χ4n) is 3.66. The fourth-order valence-corrected chi connectivity index (χ4v) is 4.73. The first kappa shape index (κ1) is 14.9. The number of hydrogen-bond donors (Lipinski definition) is 0. The van der Waals surface area contributed by atoms with Crippen molar-refractivity contribution in [2.75, 3.05) is 13.6 Å². The summed E-state index contributed by atoms with van der Waals surface area (Å²) in [6, 6.07) is 4.48. The van der Waals surface area contributed by atoms with Crippen LogP contribution in [0.15, 0.2) is 18.3 Å². The normalized spacial score (nSPS) is 20.3. The van der Waals surface area contributed by atoms with Crippen LogP contribution < -0.4 is 0 Å². The molecule has 2 aliphatic rings. The summed E-state index contributed by atoms with van der Waals surface area (Å²) in [6.07, 6.45) is 7.93. The van der Waals surface area contributed by atoms with E-state index >= 15 is 0 Å². The second-order valence-corrected chi connectivity index (χ2v) is 8.14. The van der Waals surface area contributed by atoms with Crippen molar-refractivity contribution in [2.45, 2.75) is 51.0 Å². The lowest BCUT2D eigenvalue weighted by Gasteiger charge is -2.27. The Hall–Kier alpha value is -1.62. The molecule has 0 saturated heterocycles. The van der Waals surface area contributed by atoms with Gasteiger partial charge in [0.2, 0.25) is 0 Å². The molecule has 2 aromatic rings. The molecular formula is C18H23N3OS. The zero-order valence-corrected chi connectivity index (χ0v) is 14.6. The van der Waals surface area contributed by atoms with E-state index in [4.69, 9.17) is 4.98 Å². The third kappa shape index (κ3) is 2.82. The number of nitrogens with zero attached hydrogens (tertiary/aromatic N) is 3. The van der Waals surface area contributed by atoms with Gasteiger partial charge in [-0.15, -0.1) is 11.3 Å². The molecule has 122 valence electrons. The molecule has 0 bridgehead atoms. The summed E-state index contributed by atoms with van der Waals surface area (Å²) in [4.78, 5) is 20.9. The van der Waals surface area contributed by atoms with E-state index in [1.807, 2.05) is 41.6 Å². The summed E-state index contributed by atoms with van der Waals surface area (Å²) in [5, 5.41) is 1.15. The van der Waals surface area contributed by atoms with Crippen molar-refractivity contribution in [1.29, 1.82) is 0 Å². The molecule has 0 radical (unpaired) electrons. The maximum Gasteiger partial charge on any atom is 0.270 e. The van der Waals surface area contributed by atoms with E-state index in [2.05, 4.69) is 11.5 Å². The van der Waals surface area contributed by atoms with E-state index in [1.54, 1.807) is 0 Å². The molecule has 5 heteroatoms. The highest BCUT2D eigenvalue weighted by molar-refractivity contribution is 7.11. The Balaban J connectivity index is 1.50. The molecule has 4 nitrogen and oxygen atoms in total. The predicted octanol–water partition coefficient (Wildman–Crippen LogP) is 3.78. The largest absolute Gasteiger partial charge is 0.340 e. The number of amides is 1. The van der Waals surface area contributed by atoms with Gasteiger partial charge in [-0.3, -0.25) is 4.79 Å². The van der Waals surface area contributed by atoms with Gasteiger partial charge in [0.1, 0.15) is 5.69 Å². The number of rotatable bonds is 4. The first-order chi connectivity index (χ1) is 11.1. The number of fused-ring (bicyclic) bond motifs is 1. The SMILES string of the molecule is Cc1nc2c(s1)CCCC2CN(C)C(=O)c1cccn1C1CC1. The van der Waals surface area contributed by atoms with Gasteiger partial charge in [-0.25, -0.2) is 4.98 Å². The fraction of sp³-hybridized carbons (Fsp3) is 0.556. The highest BCUT2D eigenvalue weighted by atomic mass is 32.1. The molecule has 1 unspecified atom stereocenters. The van der Waals surface area contributed by atoms with Crippen LogP contribution in [0.1, 0.15) is 63.7 Å². The lowest BCUT2D eigenvalue weighted by molar-refractivity contribution is 0.0772. The summed E-state index contributed by atoms with van der Waals surface area (Å²) in [5.74, 6) is 0.531. The van der Waals surface area contributed by atoms with Crippen molar-refractivity contribution in [3.8, 4) is 0 Å². The van der Waals surface area contributed by atoms with E-state index in [0.29, 0.717) is 12.0 Å². The van der Waals surface area contributed by atoms with Crippen LogP contribution in [0.5, 0.6) is 0 Å². The van der Waals surface area contributed by atoms with Crippen molar-refractivity contribution in [3.63, 3.8) is 0 Å². The number of aromatic nitrogens is 2. The van der Waals surface area contributed by atoms with Crippen molar-refractivity contribution < 1.29 is 4.79 Å². The van der Waals surface area contributed by atoms with Gasteiger partial charge in [0, 0.05) is 36.6 Å². The summed E-state index contributed by atoms with van der Waals surface area (Å²) < 4.78 is 2.15. The minimum atomic E-state index is 0.140. The Morgan fingerprint density at radius 3 is 3.04 bits per heavy atom. The summed E-state index contributed by atoms with van der Waals surface area (Å²) >= 11 is 1.82. The topological polar surface area (TPSA) is 38.1 Å². The smallest absolute Gasteiger partial charge is 0.270 e. The number of thiazole rings is 1. The van der Waals surface area contributed by atoms with Crippen LogP contribution in [0.4, 0.5) is 0 Å². The van der Waals surface area contributed by atoms with Gasteiger partial charge in [0.15, 0.2) is 0 Å². The second-order valence-electron chi connectivity index (χ2n) is 6.85. The number of aryl methyl sites for hydroxylation is 2. The van der Waals surface area contributed by atoms with E-state index < -0.39 is 0 Å². The van der Waals surface area contributed by atoms with Gasteiger partial charge in [-0.2, -0.15) is 0 Å². The van der Waals surface area contributed by atoms with Gasteiger partial charge in [0.05, 0.1) is 10.7 Å². The highest BCUT2D eigenvalue weighted by Crippen LogP contribution is 2.37. The van der Waals surface area contributed by atoms with Gasteiger partial charge >= 0.3 is 0 Å². The molecule has 0 N–H and O–H groups in total. The molecule has 1 amide bonds. The summed E-state index contributed by atoms with van der Waals surface area (Å²) in [5.41, 5.74) is 2.08. The minimum absolute atomic E-state index is 0.140. The Bertz CT molecular complexity index is 728. The predicted molar refractivity (Wildman–Crippen MR) is 92.2 cm³/mol. The van der Waals surface area contributed by atoms with Gasteiger partial charge in [0.25, 0.3) is 5.91 Å². The monoisotopic (exact) mass is 329 g/mol. The zero-order chi connectivity index (χ0) is 16.0. The molecule has 0 spiro atoms.